The molecule has 1 aromatic carbocycles. The Kier molecular flexibility index (Phi) is 8.20. The third-order valence-electron chi connectivity index (χ3n) is 2.89. The molecule has 1 atom stereocenters. The molecule has 0 aliphatic rings. The monoisotopic (exact) mass is 251 g/mol. The Morgan fingerprint density at radius 2 is 1.76 bits per heavy atom. The molecule has 17 heavy (non-hydrogen) atoms. The fourth-order valence-electron chi connectivity index (χ4n) is 1.81. The minimum atomic E-state index is 0.349. The van der Waals surface area contributed by atoms with Gasteiger partial charge in [0, 0.05) is 16.7 Å². The molecule has 0 aliphatic carbocycles. The van der Waals surface area contributed by atoms with E-state index in [0.29, 0.717) is 6.04 Å². The summed E-state index contributed by atoms with van der Waals surface area (Å²) in [6, 6.07) is 10.9. The predicted molar refractivity (Wildman–Crippen MR) is 78.5 cm³/mol. The smallest absolute Gasteiger partial charge is 0.0133 e. The Hall–Kier alpha value is -0.470. The van der Waals surface area contributed by atoms with E-state index in [2.05, 4.69) is 37.3 Å². The number of rotatable bonds is 9. The van der Waals surface area contributed by atoms with E-state index in [4.69, 9.17) is 5.73 Å². The van der Waals surface area contributed by atoms with Gasteiger partial charge in [0.2, 0.25) is 0 Å². The zero-order valence-corrected chi connectivity index (χ0v) is 11.7. The van der Waals surface area contributed by atoms with Gasteiger partial charge in [0.25, 0.3) is 0 Å². The largest absolute Gasteiger partial charge is 0.327 e. The summed E-state index contributed by atoms with van der Waals surface area (Å²) in [4.78, 5) is 1.33. The van der Waals surface area contributed by atoms with Crippen LogP contribution in [-0.2, 0) is 0 Å². The fraction of sp³-hybridized carbons (Fsp3) is 0.600. The van der Waals surface area contributed by atoms with Crippen LogP contribution in [0.2, 0.25) is 0 Å². The first-order valence-electron chi connectivity index (χ1n) is 6.76. The SMILES string of the molecule is CCCCCCCC(N)CSc1ccccc1. The normalized spacial score (nSPS) is 12.6. The van der Waals surface area contributed by atoms with Crippen LogP contribution < -0.4 is 5.73 Å². The van der Waals surface area contributed by atoms with E-state index < -0.39 is 0 Å². The molecule has 0 heterocycles. The van der Waals surface area contributed by atoms with Crippen molar-refractivity contribution in [2.24, 2.45) is 5.73 Å². The third-order valence-corrected chi connectivity index (χ3v) is 4.09. The van der Waals surface area contributed by atoms with Crippen LogP contribution in [0.1, 0.15) is 45.4 Å². The van der Waals surface area contributed by atoms with Crippen LogP contribution in [0.5, 0.6) is 0 Å². The van der Waals surface area contributed by atoms with Crippen molar-refractivity contribution in [1.29, 1.82) is 0 Å². The van der Waals surface area contributed by atoms with E-state index >= 15 is 0 Å². The molecule has 0 spiro atoms. The standard InChI is InChI=1S/C15H25NS/c1-2-3-4-5-7-10-14(16)13-17-15-11-8-6-9-12-15/h6,8-9,11-12,14H,2-5,7,10,13,16H2,1H3. The van der Waals surface area contributed by atoms with Gasteiger partial charge >= 0.3 is 0 Å². The van der Waals surface area contributed by atoms with E-state index in [0.717, 1.165) is 5.75 Å². The first-order chi connectivity index (χ1) is 8.33. The maximum atomic E-state index is 6.12. The molecule has 0 aromatic heterocycles. The number of nitrogens with two attached hydrogens (primary N) is 1. The average Bonchev–Trinajstić information content (AvgIpc) is 2.37. The zero-order chi connectivity index (χ0) is 12.3. The van der Waals surface area contributed by atoms with Crippen LogP contribution in [0.15, 0.2) is 35.2 Å². The van der Waals surface area contributed by atoms with Gasteiger partial charge in [0.1, 0.15) is 0 Å². The summed E-state index contributed by atoms with van der Waals surface area (Å²) < 4.78 is 0. The number of benzene rings is 1. The van der Waals surface area contributed by atoms with Gasteiger partial charge < -0.3 is 5.73 Å². The maximum Gasteiger partial charge on any atom is 0.0133 e. The first-order valence-corrected chi connectivity index (χ1v) is 7.75. The lowest BCUT2D eigenvalue weighted by atomic mass is 10.1. The Bertz CT molecular complexity index is 274. The van der Waals surface area contributed by atoms with Crippen LogP contribution >= 0.6 is 11.8 Å². The molecule has 0 saturated heterocycles. The van der Waals surface area contributed by atoms with Gasteiger partial charge in [0.15, 0.2) is 0 Å². The van der Waals surface area contributed by atoms with Crippen molar-refractivity contribution in [3.05, 3.63) is 30.3 Å². The van der Waals surface area contributed by atoms with Gasteiger partial charge in [-0.1, -0.05) is 57.2 Å². The molecule has 96 valence electrons. The molecule has 0 amide bonds. The minimum Gasteiger partial charge on any atom is -0.327 e. The summed E-state index contributed by atoms with van der Waals surface area (Å²) in [6.07, 6.45) is 7.86. The summed E-state index contributed by atoms with van der Waals surface area (Å²) in [5.74, 6) is 1.04. The Morgan fingerprint density at radius 1 is 1.06 bits per heavy atom. The van der Waals surface area contributed by atoms with Crippen molar-refractivity contribution in [1.82, 2.24) is 0 Å². The van der Waals surface area contributed by atoms with Crippen molar-refractivity contribution in [3.8, 4) is 0 Å². The summed E-state index contributed by atoms with van der Waals surface area (Å²) in [5, 5.41) is 0. The number of thioether (sulfide) groups is 1. The molecular formula is C15H25NS. The zero-order valence-electron chi connectivity index (χ0n) is 10.9. The van der Waals surface area contributed by atoms with Gasteiger partial charge in [-0.2, -0.15) is 0 Å². The number of hydrogen-bond donors (Lipinski definition) is 1. The molecule has 2 heteroatoms. The van der Waals surface area contributed by atoms with E-state index in [1.807, 2.05) is 11.8 Å². The molecule has 0 radical (unpaired) electrons. The van der Waals surface area contributed by atoms with Crippen LogP contribution in [0.4, 0.5) is 0 Å². The molecular weight excluding hydrogens is 226 g/mol. The summed E-state index contributed by atoms with van der Waals surface area (Å²) >= 11 is 1.87. The van der Waals surface area contributed by atoms with Crippen molar-refractivity contribution in [2.45, 2.75) is 56.4 Å². The number of hydrogen-bond acceptors (Lipinski definition) is 2. The first kappa shape index (κ1) is 14.6. The molecule has 0 aliphatic heterocycles. The molecule has 1 unspecified atom stereocenters. The van der Waals surface area contributed by atoms with Gasteiger partial charge in [-0.25, -0.2) is 0 Å². The second kappa shape index (κ2) is 9.55. The quantitative estimate of drug-likeness (QED) is 0.518. The van der Waals surface area contributed by atoms with Crippen LogP contribution in [0.3, 0.4) is 0 Å². The van der Waals surface area contributed by atoms with Crippen molar-refractivity contribution in [2.75, 3.05) is 5.75 Å². The topological polar surface area (TPSA) is 26.0 Å². The van der Waals surface area contributed by atoms with Gasteiger partial charge in [-0.3, -0.25) is 0 Å². The fourth-order valence-corrected chi connectivity index (χ4v) is 2.74. The molecule has 0 fully saturated rings. The summed E-state index contributed by atoms with van der Waals surface area (Å²) in [7, 11) is 0. The molecule has 2 N–H and O–H groups in total. The second-order valence-electron chi connectivity index (χ2n) is 4.59. The maximum absolute atomic E-state index is 6.12. The molecule has 1 rings (SSSR count). The molecule has 0 bridgehead atoms. The predicted octanol–water partition coefficient (Wildman–Crippen LogP) is 4.47. The average molecular weight is 251 g/mol. The third kappa shape index (κ3) is 7.45. The lowest BCUT2D eigenvalue weighted by Crippen LogP contribution is -2.22. The van der Waals surface area contributed by atoms with Crippen molar-refractivity contribution in [3.63, 3.8) is 0 Å². The number of unbranched alkanes of at least 4 members (excludes halogenated alkanes) is 4. The summed E-state index contributed by atoms with van der Waals surface area (Å²) in [6.45, 7) is 2.25. The van der Waals surface area contributed by atoms with E-state index in [1.54, 1.807) is 0 Å². The highest BCUT2D eigenvalue weighted by Gasteiger charge is 2.03. The highest BCUT2D eigenvalue weighted by atomic mass is 32.2. The van der Waals surface area contributed by atoms with Crippen LogP contribution in [0.25, 0.3) is 0 Å². The lowest BCUT2D eigenvalue weighted by molar-refractivity contribution is 0.567. The second-order valence-corrected chi connectivity index (χ2v) is 5.68. The van der Waals surface area contributed by atoms with Gasteiger partial charge in [-0.15, -0.1) is 11.8 Å². The van der Waals surface area contributed by atoms with Crippen molar-refractivity contribution >= 4 is 11.8 Å². The molecule has 1 nitrogen and oxygen atoms in total. The van der Waals surface area contributed by atoms with Gasteiger partial charge in [0.05, 0.1) is 0 Å². The van der Waals surface area contributed by atoms with E-state index in [-0.39, 0.29) is 0 Å². The highest BCUT2D eigenvalue weighted by Crippen LogP contribution is 2.19. The summed E-state index contributed by atoms with van der Waals surface area (Å²) in [5.41, 5.74) is 6.12. The van der Waals surface area contributed by atoms with Crippen LogP contribution in [0, 0.1) is 0 Å². The highest BCUT2D eigenvalue weighted by molar-refractivity contribution is 7.99. The van der Waals surface area contributed by atoms with E-state index in [9.17, 15) is 0 Å². The molecule has 1 aromatic rings. The van der Waals surface area contributed by atoms with Crippen LogP contribution in [-0.4, -0.2) is 11.8 Å². The lowest BCUT2D eigenvalue weighted by Gasteiger charge is -2.10. The Labute approximate surface area is 110 Å². The van der Waals surface area contributed by atoms with Gasteiger partial charge in [-0.05, 0) is 18.6 Å². The van der Waals surface area contributed by atoms with E-state index in [1.165, 1.54) is 43.4 Å². The Morgan fingerprint density at radius 3 is 2.47 bits per heavy atom. The Balaban J connectivity index is 2.03. The van der Waals surface area contributed by atoms with Crippen molar-refractivity contribution < 1.29 is 0 Å². The molecule has 0 saturated carbocycles. The minimum absolute atomic E-state index is 0.349.